The Morgan fingerprint density at radius 2 is 1.64 bits per heavy atom. The third-order valence-corrected chi connectivity index (χ3v) is 4.79. The molecule has 0 bridgehead atoms. The molecule has 25 heavy (non-hydrogen) atoms. The summed E-state index contributed by atoms with van der Waals surface area (Å²) < 4.78 is 0. The molecule has 3 N–H and O–H groups in total. The second-order valence-corrected chi connectivity index (χ2v) is 7.12. The first kappa shape index (κ1) is 19.2. The molecule has 0 saturated heterocycles. The lowest BCUT2D eigenvalue weighted by atomic mass is 9.95. The molecule has 2 rings (SSSR count). The van der Waals surface area contributed by atoms with E-state index in [0.717, 1.165) is 23.2 Å². The Kier molecular flexibility index (Phi) is 6.77. The molecular formula is C22H31N2O+. The summed E-state index contributed by atoms with van der Waals surface area (Å²) >= 11 is 0. The maximum atomic E-state index is 12.4. The van der Waals surface area contributed by atoms with E-state index in [-0.39, 0.29) is 11.9 Å². The van der Waals surface area contributed by atoms with E-state index >= 15 is 0 Å². The van der Waals surface area contributed by atoms with Crippen LogP contribution in [0.1, 0.15) is 49.1 Å². The monoisotopic (exact) mass is 339 g/mol. The van der Waals surface area contributed by atoms with E-state index in [1.54, 1.807) is 0 Å². The molecule has 1 amide bonds. The normalized spacial score (nSPS) is 12.2. The summed E-state index contributed by atoms with van der Waals surface area (Å²) in [4.78, 5) is 12.4. The Bertz CT molecular complexity index is 684. The number of nitrogens with two attached hydrogens (primary N) is 1. The van der Waals surface area contributed by atoms with Crippen LogP contribution in [0, 0.1) is 19.8 Å². The van der Waals surface area contributed by atoms with Crippen LogP contribution in [0.2, 0.25) is 0 Å². The zero-order valence-corrected chi connectivity index (χ0v) is 16.1. The quantitative estimate of drug-likeness (QED) is 0.792. The molecule has 0 saturated carbocycles. The summed E-state index contributed by atoms with van der Waals surface area (Å²) in [6.07, 6.45) is 1.05. The highest BCUT2D eigenvalue weighted by molar-refractivity contribution is 5.92. The van der Waals surface area contributed by atoms with Crippen molar-refractivity contribution in [3.63, 3.8) is 0 Å². The lowest BCUT2D eigenvalue weighted by molar-refractivity contribution is -0.692. The van der Waals surface area contributed by atoms with Gasteiger partial charge >= 0.3 is 0 Å². The van der Waals surface area contributed by atoms with Crippen LogP contribution in [-0.4, -0.2) is 12.5 Å². The molecule has 0 unspecified atom stereocenters. The van der Waals surface area contributed by atoms with Gasteiger partial charge in [0.25, 0.3) is 5.91 Å². The van der Waals surface area contributed by atoms with E-state index in [4.69, 9.17) is 0 Å². The first-order valence-corrected chi connectivity index (χ1v) is 9.20. The summed E-state index contributed by atoms with van der Waals surface area (Å²) in [5.41, 5.74) is 5.77. The van der Waals surface area contributed by atoms with E-state index in [2.05, 4.69) is 55.7 Å². The van der Waals surface area contributed by atoms with Crippen LogP contribution < -0.4 is 10.6 Å². The van der Waals surface area contributed by atoms with Crippen LogP contribution in [0.25, 0.3) is 0 Å². The number of benzene rings is 2. The Balaban J connectivity index is 2.01. The summed E-state index contributed by atoms with van der Waals surface area (Å²) in [6.45, 7) is 11.1. The minimum Gasteiger partial charge on any atom is -0.332 e. The third-order valence-electron chi connectivity index (χ3n) is 4.79. The molecule has 0 fully saturated rings. The molecule has 1 atom stereocenters. The zero-order valence-electron chi connectivity index (χ0n) is 16.1. The number of hydrogen-bond acceptors (Lipinski definition) is 1. The van der Waals surface area contributed by atoms with Gasteiger partial charge in [-0.05, 0) is 37.0 Å². The van der Waals surface area contributed by atoms with E-state index in [0.29, 0.717) is 12.5 Å². The van der Waals surface area contributed by atoms with E-state index in [1.807, 2.05) is 32.0 Å². The molecule has 0 heterocycles. The first-order chi connectivity index (χ1) is 11.9. The fraction of sp³-hybridized carbons (Fsp3) is 0.409. The van der Waals surface area contributed by atoms with E-state index < -0.39 is 0 Å². The fourth-order valence-corrected chi connectivity index (χ4v) is 3.20. The molecule has 134 valence electrons. The molecular weight excluding hydrogens is 308 g/mol. The Morgan fingerprint density at radius 1 is 1.04 bits per heavy atom. The minimum absolute atomic E-state index is 0.0493. The highest BCUT2D eigenvalue weighted by Crippen LogP contribution is 2.20. The molecule has 0 radical (unpaired) electrons. The summed E-state index contributed by atoms with van der Waals surface area (Å²) in [5.74, 6) is 0.508. The van der Waals surface area contributed by atoms with Crippen molar-refractivity contribution >= 4 is 11.6 Å². The summed E-state index contributed by atoms with van der Waals surface area (Å²) in [6, 6.07) is 15.1. The van der Waals surface area contributed by atoms with Gasteiger partial charge in [0.05, 0.1) is 0 Å². The number of anilines is 1. The topological polar surface area (TPSA) is 45.7 Å². The van der Waals surface area contributed by atoms with Crippen LogP contribution in [-0.2, 0) is 11.2 Å². The number of quaternary nitrogens is 1. The van der Waals surface area contributed by atoms with E-state index in [9.17, 15) is 4.79 Å². The molecule has 0 aliphatic rings. The van der Waals surface area contributed by atoms with Gasteiger partial charge in [-0.3, -0.25) is 4.79 Å². The van der Waals surface area contributed by atoms with Gasteiger partial charge in [-0.2, -0.15) is 0 Å². The van der Waals surface area contributed by atoms with Gasteiger partial charge in [0.15, 0.2) is 6.54 Å². The van der Waals surface area contributed by atoms with Crippen LogP contribution in [0.4, 0.5) is 5.69 Å². The predicted octanol–water partition coefficient (Wildman–Crippen LogP) is 3.77. The Labute approximate surface area is 151 Å². The maximum absolute atomic E-state index is 12.4. The van der Waals surface area contributed by atoms with Crippen molar-refractivity contribution < 1.29 is 10.1 Å². The minimum atomic E-state index is 0.0493. The molecule has 0 spiro atoms. The highest BCUT2D eigenvalue weighted by atomic mass is 16.1. The van der Waals surface area contributed by atoms with Crippen molar-refractivity contribution in [1.29, 1.82) is 0 Å². The zero-order chi connectivity index (χ0) is 18.4. The number of hydrogen-bond donors (Lipinski definition) is 2. The van der Waals surface area contributed by atoms with Crippen molar-refractivity contribution in [1.82, 2.24) is 0 Å². The van der Waals surface area contributed by atoms with Crippen molar-refractivity contribution in [2.75, 3.05) is 11.9 Å². The van der Waals surface area contributed by atoms with Gasteiger partial charge < -0.3 is 10.6 Å². The van der Waals surface area contributed by atoms with Crippen LogP contribution in [0.3, 0.4) is 0 Å². The fourth-order valence-electron chi connectivity index (χ4n) is 3.20. The van der Waals surface area contributed by atoms with Gasteiger partial charge in [-0.25, -0.2) is 0 Å². The molecule has 3 heteroatoms. The third kappa shape index (κ3) is 5.17. The molecule has 3 nitrogen and oxygen atoms in total. The standard InChI is InChI=1S/C22H30N2O/c1-6-18-10-12-19(13-11-18)21(15(2)3)23-14-20(25)24-22-16(4)8-7-9-17(22)5/h7-13,15,21,23H,6,14H2,1-5H3,(H,24,25)/p+1/t21-/m1/s1. The lowest BCUT2D eigenvalue weighted by Crippen LogP contribution is -2.88. The Morgan fingerprint density at radius 3 is 2.16 bits per heavy atom. The number of carbonyl (C=O) groups is 1. The largest absolute Gasteiger partial charge is 0.332 e. The number of nitrogens with one attached hydrogen (secondary N) is 1. The smallest absolute Gasteiger partial charge is 0.279 e. The average Bonchev–Trinajstić information content (AvgIpc) is 2.59. The van der Waals surface area contributed by atoms with E-state index in [1.165, 1.54) is 11.1 Å². The molecule has 0 aliphatic heterocycles. The maximum Gasteiger partial charge on any atom is 0.279 e. The van der Waals surface area contributed by atoms with Gasteiger partial charge in [0.1, 0.15) is 6.04 Å². The molecule has 0 aromatic heterocycles. The molecule has 2 aromatic rings. The van der Waals surface area contributed by atoms with Gasteiger partial charge in [-0.15, -0.1) is 0 Å². The SMILES string of the molecule is CCc1ccc([C@H]([NH2+]CC(=O)Nc2c(C)cccc2C)C(C)C)cc1. The first-order valence-electron chi connectivity index (χ1n) is 9.20. The van der Waals surface area contributed by atoms with Crippen molar-refractivity contribution in [3.05, 3.63) is 64.7 Å². The Hall–Kier alpha value is -2.13. The van der Waals surface area contributed by atoms with Crippen molar-refractivity contribution in [2.45, 2.75) is 47.1 Å². The van der Waals surface area contributed by atoms with Crippen LogP contribution in [0.5, 0.6) is 0 Å². The number of carbonyl (C=O) groups excluding carboxylic acids is 1. The van der Waals surface area contributed by atoms with Crippen LogP contribution in [0.15, 0.2) is 42.5 Å². The molecule has 0 aliphatic carbocycles. The number of para-hydroxylation sites is 1. The number of aryl methyl sites for hydroxylation is 3. The number of rotatable bonds is 7. The lowest BCUT2D eigenvalue weighted by Gasteiger charge is -2.20. The second-order valence-electron chi connectivity index (χ2n) is 7.12. The van der Waals surface area contributed by atoms with Crippen molar-refractivity contribution in [2.24, 2.45) is 5.92 Å². The molecule has 2 aromatic carbocycles. The van der Waals surface area contributed by atoms with Gasteiger partial charge in [0, 0.05) is 17.2 Å². The predicted molar refractivity (Wildman–Crippen MR) is 105 cm³/mol. The second kappa shape index (κ2) is 8.82. The average molecular weight is 340 g/mol. The van der Waals surface area contributed by atoms with Crippen molar-refractivity contribution in [3.8, 4) is 0 Å². The summed E-state index contributed by atoms with van der Waals surface area (Å²) in [5, 5.41) is 5.22. The van der Waals surface area contributed by atoms with Gasteiger partial charge in [0.2, 0.25) is 0 Å². The van der Waals surface area contributed by atoms with Gasteiger partial charge in [-0.1, -0.05) is 63.2 Å². The summed E-state index contributed by atoms with van der Waals surface area (Å²) in [7, 11) is 0. The highest BCUT2D eigenvalue weighted by Gasteiger charge is 2.20. The van der Waals surface area contributed by atoms with Crippen LogP contribution >= 0.6 is 0 Å². The number of amides is 1.